The minimum atomic E-state index is -4.34. The number of nitrogens with one attached hydrogen (secondary N) is 1. The van der Waals surface area contributed by atoms with Crippen molar-refractivity contribution in [3.63, 3.8) is 0 Å². The SMILES string of the molecule is NNC(Cc1cccc(C(F)(F)F)c1)c1csnn1. The molecule has 0 amide bonds. The van der Waals surface area contributed by atoms with Gasteiger partial charge in [0.05, 0.1) is 17.3 Å². The molecule has 0 aliphatic rings. The van der Waals surface area contributed by atoms with Crippen molar-refractivity contribution in [3.05, 3.63) is 46.5 Å². The lowest BCUT2D eigenvalue weighted by molar-refractivity contribution is -0.137. The number of benzene rings is 1. The summed E-state index contributed by atoms with van der Waals surface area (Å²) in [5.74, 6) is 5.40. The lowest BCUT2D eigenvalue weighted by Crippen LogP contribution is -2.30. The molecule has 4 nitrogen and oxygen atoms in total. The van der Waals surface area contributed by atoms with Crippen LogP contribution in [0, 0.1) is 0 Å². The molecule has 0 fully saturated rings. The summed E-state index contributed by atoms with van der Waals surface area (Å²) in [7, 11) is 0. The number of nitrogens with zero attached hydrogens (tertiary/aromatic N) is 2. The summed E-state index contributed by atoms with van der Waals surface area (Å²) in [5, 5.41) is 5.57. The molecule has 2 aromatic rings. The predicted molar refractivity (Wildman–Crippen MR) is 65.1 cm³/mol. The first-order valence-electron chi connectivity index (χ1n) is 5.40. The summed E-state index contributed by atoms with van der Waals surface area (Å²) >= 11 is 1.16. The van der Waals surface area contributed by atoms with Crippen LogP contribution in [0.5, 0.6) is 0 Å². The van der Waals surface area contributed by atoms with Crippen LogP contribution in [0.4, 0.5) is 13.2 Å². The van der Waals surface area contributed by atoms with E-state index in [1.54, 1.807) is 11.4 Å². The largest absolute Gasteiger partial charge is 0.416 e. The lowest BCUT2D eigenvalue weighted by atomic mass is 10.0. The fourth-order valence-corrected chi connectivity index (χ4v) is 2.19. The number of halogens is 3. The molecular formula is C11H11F3N4S. The monoisotopic (exact) mass is 288 g/mol. The molecule has 0 bridgehead atoms. The van der Waals surface area contributed by atoms with E-state index in [1.165, 1.54) is 6.07 Å². The molecule has 0 aliphatic carbocycles. The summed E-state index contributed by atoms with van der Waals surface area (Å²) in [6.07, 6.45) is -4.03. The van der Waals surface area contributed by atoms with Crippen LogP contribution in [0.2, 0.25) is 0 Å². The van der Waals surface area contributed by atoms with Crippen molar-refractivity contribution in [1.82, 2.24) is 15.0 Å². The molecule has 1 unspecified atom stereocenters. The Morgan fingerprint density at radius 3 is 2.74 bits per heavy atom. The van der Waals surface area contributed by atoms with Crippen molar-refractivity contribution in [1.29, 1.82) is 0 Å². The fourth-order valence-electron chi connectivity index (χ4n) is 1.68. The highest BCUT2D eigenvalue weighted by atomic mass is 32.1. The van der Waals surface area contributed by atoms with E-state index in [0.29, 0.717) is 17.7 Å². The van der Waals surface area contributed by atoms with Crippen molar-refractivity contribution >= 4 is 11.5 Å². The second-order valence-corrected chi connectivity index (χ2v) is 4.56. The molecule has 3 N–H and O–H groups in total. The Morgan fingerprint density at radius 1 is 1.37 bits per heavy atom. The molecule has 0 saturated heterocycles. The van der Waals surface area contributed by atoms with Gasteiger partial charge in [-0.1, -0.05) is 22.7 Å². The van der Waals surface area contributed by atoms with Gasteiger partial charge in [0.2, 0.25) is 0 Å². The van der Waals surface area contributed by atoms with E-state index >= 15 is 0 Å². The van der Waals surface area contributed by atoms with Crippen LogP contribution >= 0.6 is 11.5 Å². The molecule has 0 aliphatic heterocycles. The maximum atomic E-state index is 12.6. The van der Waals surface area contributed by atoms with Crippen LogP contribution in [0.15, 0.2) is 29.6 Å². The molecule has 1 heterocycles. The number of rotatable bonds is 4. The van der Waals surface area contributed by atoms with Gasteiger partial charge in [-0.2, -0.15) is 13.2 Å². The molecule has 1 atom stereocenters. The third kappa shape index (κ3) is 3.49. The lowest BCUT2D eigenvalue weighted by Gasteiger charge is -2.14. The van der Waals surface area contributed by atoms with Crippen LogP contribution in [0.1, 0.15) is 22.9 Å². The third-order valence-electron chi connectivity index (χ3n) is 2.63. The predicted octanol–water partition coefficient (Wildman–Crippen LogP) is 2.30. The summed E-state index contributed by atoms with van der Waals surface area (Å²) in [5.41, 5.74) is 3.01. The van der Waals surface area contributed by atoms with Gasteiger partial charge in [-0.05, 0) is 29.6 Å². The van der Waals surface area contributed by atoms with Gasteiger partial charge in [-0.3, -0.25) is 11.3 Å². The summed E-state index contributed by atoms with van der Waals surface area (Å²) in [6.45, 7) is 0. The van der Waals surface area contributed by atoms with Gasteiger partial charge < -0.3 is 0 Å². The van der Waals surface area contributed by atoms with Crippen molar-refractivity contribution in [3.8, 4) is 0 Å². The van der Waals surface area contributed by atoms with E-state index in [4.69, 9.17) is 5.84 Å². The Labute approximate surface area is 111 Å². The van der Waals surface area contributed by atoms with E-state index < -0.39 is 11.7 Å². The van der Waals surface area contributed by atoms with Crippen molar-refractivity contribution in [2.24, 2.45) is 5.84 Å². The molecule has 0 saturated carbocycles. The van der Waals surface area contributed by atoms with Gasteiger partial charge >= 0.3 is 6.18 Å². The molecule has 102 valence electrons. The molecule has 1 aromatic heterocycles. The van der Waals surface area contributed by atoms with Crippen molar-refractivity contribution < 1.29 is 13.2 Å². The first-order chi connectivity index (χ1) is 9.00. The van der Waals surface area contributed by atoms with E-state index in [2.05, 4.69) is 15.0 Å². The van der Waals surface area contributed by atoms with E-state index in [9.17, 15) is 13.2 Å². The van der Waals surface area contributed by atoms with Crippen LogP contribution in [0.25, 0.3) is 0 Å². The standard InChI is InChI=1S/C11H11F3N4S/c12-11(13,14)8-3-1-2-7(4-8)5-9(16-15)10-6-19-18-17-10/h1-4,6,9,16H,5,15H2. The fraction of sp³-hybridized carbons (Fsp3) is 0.273. The maximum Gasteiger partial charge on any atom is 0.416 e. The Balaban J connectivity index is 2.19. The smallest absolute Gasteiger partial charge is 0.271 e. The zero-order valence-electron chi connectivity index (χ0n) is 9.69. The Hall–Kier alpha value is -1.51. The number of hydrogen-bond acceptors (Lipinski definition) is 5. The van der Waals surface area contributed by atoms with E-state index in [0.717, 1.165) is 23.7 Å². The van der Waals surface area contributed by atoms with Gasteiger partial charge in [0.15, 0.2) is 0 Å². The molecule has 2 rings (SSSR count). The topological polar surface area (TPSA) is 63.8 Å². The average Bonchev–Trinajstić information content (AvgIpc) is 2.89. The minimum absolute atomic E-state index is 0.311. The molecule has 8 heteroatoms. The minimum Gasteiger partial charge on any atom is -0.271 e. The van der Waals surface area contributed by atoms with Crippen molar-refractivity contribution in [2.75, 3.05) is 0 Å². The summed E-state index contributed by atoms with van der Waals surface area (Å²) < 4.78 is 41.5. The van der Waals surface area contributed by atoms with E-state index in [1.807, 2.05) is 0 Å². The van der Waals surface area contributed by atoms with Crippen LogP contribution in [-0.4, -0.2) is 9.59 Å². The number of hydrazine groups is 1. The van der Waals surface area contributed by atoms with Gasteiger partial charge in [0.1, 0.15) is 0 Å². The normalized spacial score (nSPS) is 13.5. The highest BCUT2D eigenvalue weighted by molar-refractivity contribution is 7.03. The maximum absolute atomic E-state index is 12.6. The zero-order chi connectivity index (χ0) is 13.9. The third-order valence-corrected chi connectivity index (χ3v) is 3.15. The summed E-state index contributed by atoms with van der Waals surface area (Å²) in [6, 6.07) is 4.80. The zero-order valence-corrected chi connectivity index (χ0v) is 10.5. The Kier molecular flexibility index (Phi) is 4.13. The molecule has 19 heavy (non-hydrogen) atoms. The first-order valence-corrected chi connectivity index (χ1v) is 6.23. The van der Waals surface area contributed by atoms with Crippen molar-refractivity contribution in [2.45, 2.75) is 18.6 Å². The van der Waals surface area contributed by atoms with Crippen LogP contribution in [-0.2, 0) is 12.6 Å². The number of hydrogen-bond donors (Lipinski definition) is 2. The Morgan fingerprint density at radius 2 is 2.16 bits per heavy atom. The van der Waals surface area contributed by atoms with Crippen LogP contribution in [0.3, 0.4) is 0 Å². The highest BCUT2D eigenvalue weighted by Crippen LogP contribution is 2.30. The molecule has 1 aromatic carbocycles. The first kappa shape index (κ1) is 13.9. The van der Waals surface area contributed by atoms with Gasteiger partial charge in [-0.25, -0.2) is 0 Å². The number of alkyl halides is 3. The van der Waals surface area contributed by atoms with Gasteiger partial charge in [0, 0.05) is 5.38 Å². The van der Waals surface area contributed by atoms with Crippen LogP contribution < -0.4 is 11.3 Å². The van der Waals surface area contributed by atoms with E-state index in [-0.39, 0.29) is 6.04 Å². The van der Waals surface area contributed by atoms with Gasteiger partial charge in [-0.15, -0.1) is 5.10 Å². The van der Waals surface area contributed by atoms with Gasteiger partial charge in [0.25, 0.3) is 0 Å². The molecular weight excluding hydrogens is 277 g/mol. The molecule has 0 radical (unpaired) electrons. The summed E-state index contributed by atoms with van der Waals surface area (Å²) in [4.78, 5) is 0. The Bertz CT molecular complexity index is 527. The second-order valence-electron chi connectivity index (χ2n) is 3.95. The highest BCUT2D eigenvalue weighted by Gasteiger charge is 2.30. The second kappa shape index (κ2) is 5.64. The number of aromatic nitrogens is 2. The quantitative estimate of drug-likeness (QED) is 0.669. The molecule has 0 spiro atoms. The average molecular weight is 288 g/mol. The number of nitrogens with two attached hydrogens (primary N) is 1.